The van der Waals surface area contributed by atoms with E-state index in [1.165, 1.54) is 17.7 Å². The van der Waals surface area contributed by atoms with Gasteiger partial charge in [-0.25, -0.2) is 4.39 Å². The highest BCUT2D eigenvalue weighted by Gasteiger charge is 2.27. The van der Waals surface area contributed by atoms with Crippen LogP contribution < -0.4 is 0 Å². The number of nitrogens with zero attached hydrogens (tertiary/aromatic N) is 3. The maximum absolute atomic E-state index is 13.1. The number of ether oxygens (including phenoxy) is 1. The van der Waals surface area contributed by atoms with Gasteiger partial charge in [0.1, 0.15) is 5.82 Å². The van der Waals surface area contributed by atoms with Crippen molar-refractivity contribution in [2.24, 2.45) is 0 Å². The van der Waals surface area contributed by atoms with Gasteiger partial charge in [0.15, 0.2) is 0 Å². The predicted molar refractivity (Wildman–Crippen MR) is 108 cm³/mol. The minimum atomic E-state index is -0.318. The predicted octanol–water partition coefficient (Wildman–Crippen LogP) is 2.55. The monoisotopic (exact) mass is 403 g/mol. The van der Waals surface area contributed by atoms with Crippen molar-refractivity contribution < 1.29 is 13.9 Å². The fraction of sp³-hybridized carbons (Fsp3) is 0.476. The Morgan fingerprint density at radius 2 is 1.86 bits per heavy atom. The average Bonchev–Trinajstić information content (AvgIpc) is 3.22. The van der Waals surface area contributed by atoms with Crippen molar-refractivity contribution in [2.75, 3.05) is 52.4 Å². The molecule has 5 nitrogen and oxygen atoms in total. The van der Waals surface area contributed by atoms with E-state index < -0.39 is 0 Å². The SMILES string of the molecule is O=C(c1ccc(F)cc1)N1CCN(CC2CN(Cc3ccsc3)CCO2)CC1. The van der Waals surface area contributed by atoms with Gasteiger partial charge in [0.05, 0.1) is 12.7 Å². The lowest BCUT2D eigenvalue weighted by Gasteiger charge is -2.39. The summed E-state index contributed by atoms with van der Waals surface area (Å²) in [5.41, 5.74) is 1.92. The molecule has 0 bridgehead atoms. The second kappa shape index (κ2) is 9.13. The zero-order chi connectivity index (χ0) is 19.3. The van der Waals surface area contributed by atoms with Crippen molar-refractivity contribution in [3.63, 3.8) is 0 Å². The molecule has 2 aromatic rings. The van der Waals surface area contributed by atoms with Gasteiger partial charge in [-0.15, -0.1) is 0 Å². The first kappa shape index (κ1) is 19.5. The van der Waals surface area contributed by atoms with Crippen molar-refractivity contribution in [3.8, 4) is 0 Å². The fourth-order valence-corrected chi connectivity index (χ4v) is 4.53. The quantitative estimate of drug-likeness (QED) is 0.769. The van der Waals surface area contributed by atoms with Gasteiger partial charge in [0.25, 0.3) is 5.91 Å². The molecule has 2 aliphatic rings. The number of rotatable bonds is 5. The third-order valence-electron chi connectivity index (χ3n) is 5.42. The third kappa shape index (κ3) is 4.97. The Balaban J connectivity index is 1.23. The number of benzene rings is 1. The summed E-state index contributed by atoms with van der Waals surface area (Å²) in [5, 5.41) is 4.34. The lowest BCUT2D eigenvalue weighted by molar-refractivity contribution is -0.0496. The van der Waals surface area contributed by atoms with E-state index in [0.29, 0.717) is 18.7 Å². The molecule has 1 amide bonds. The van der Waals surface area contributed by atoms with Crippen LogP contribution in [-0.4, -0.2) is 79.1 Å². The highest BCUT2D eigenvalue weighted by atomic mass is 32.1. The van der Waals surface area contributed by atoms with Crippen LogP contribution in [0, 0.1) is 5.82 Å². The van der Waals surface area contributed by atoms with E-state index in [1.54, 1.807) is 23.5 Å². The summed E-state index contributed by atoms with van der Waals surface area (Å²) in [6, 6.07) is 7.98. The van der Waals surface area contributed by atoms with E-state index in [2.05, 4.69) is 26.6 Å². The van der Waals surface area contributed by atoms with Crippen LogP contribution in [0.2, 0.25) is 0 Å². The normalized spacial score (nSPS) is 21.8. The molecule has 1 unspecified atom stereocenters. The second-order valence-corrected chi connectivity index (χ2v) is 8.24. The Hall–Kier alpha value is -1.80. The van der Waals surface area contributed by atoms with Crippen molar-refractivity contribution in [1.82, 2.24) is 14.7 Å². The van der Waals surface area contributed by atoms with Gasteiger partial charge in [-0.05, 0) is 46.7 Å². The lowest BCUT2D eigenvalue weighted by Crippen LogP contribution is -2.53. The molecule has 0 saturated carbocycles. The number of carbonyl (C=O) groups is 1. The van der Waals surface area contributed by atoms with E-state index in [0.717, 1.165) is 45.9 Å². The number of thiophene rings is 1. The maximum Gasteiger partial charge on any atom is 0.253 e. The smallest absolute Gasteiger partial charge is 0.253 e. The summed E-state index contributed by atoms with van der Waals surface area (Å²) in [7, 11) is 0. The Labute approximate surface area is 169 Å². The van der Waals surface area contributed by atoms with E-state index in [4.69, 9.17) is 4.74 Å². The van der Waals surface area contributed by atoms with E-state index >= 15 is 0 Å². The summed E-state index contributed by atoms with van der Waals surface area (Å²) < 4.78 is 19.0. The average molecular weight is 404 g/mol. The highest BCUT2D eigenvalue weighted by molar-refractivity contribution is 7.07. The molecule has 0 radical (unpaired) electrons. The van der Waals surface area contributed by atoms with Gasteiger partial charge in [-0.1, -0.05) is 0 Å². The Morgan fingerprint density at radius 1 is 1.07 bits per heavy atom. The summed E-state index contributed by atoms with van der Waals surface area (Å²) in [4.78, 5) is 19.3. The van der Waals surface area contributed by atoms with Gasteiger partial charge < -0.3 is 9.64 Å². The van der Waals surface area contributed by atoms with Crippen LogP contribution in [0.1, 0.15) is 15.9 Å². The summed E-state index contributed by atoms with van der Waals surface area (Å²) in [6.45, 7) is 7.68. The van der Waals surface area contributed by atoms with Crippen LogP contribution in [0.15, 0.2) is 41.1 Å². The van der Waals surface area contributed by atoms with Crippen molar-refractivity contribution in [2.45, 2.75) is 12.6 Å². The zero-order valence-corrected chi connectivity index (χ0v) is 16.7. The topological polar surface area (TPSA) is 36.0 Å². The minimum absolute atomic E-state index is 0.0181. The molecule has 0 aliphatic carbocycles. The molecule has 2 saturated heterocycles. The van der Waals surface area contributed by atoms with Crippen molar-refractivity contribution >= 4 is 17.2 Å². The van der Waals surface area contributed by atoms with Crippen LogP contribution in [0.5, 0.6) is 0 Å². The largest absolute Gasteiger partial charge is 0.374 e. The summed E-state index contributed by atoms with van der Waals surface area (Å²) in [6.07, 6.45) is 0.215. The van der Waals surface area contributed by atoms with Gasteiger partial charge >= 0.3 is 0 Å². The van der Waals surface area contributed by atoms with Crippen LogP contribution >= 0.6 is 11.3 Å². The standard InChI is InChI=1S/C21H26FN3O2S/c22-19-3-1-18(2-4-19)21(26)25-8-6-23(7-9-25)14-20-15-24(10-11-27-20)13-17-5-12-28-16-17/h1-5,12,16,20H,6-11,13-15H2. The number of piperazine rings is 1. The maximum atomic E-state index is 13.1. The van der Waals surface area contributed by atoms with Crippen LogP contribution in [0.4, 0.5) is 4.39 Å². The Kier molecular flexibility index (Phi) is 6.36. The molecule has 1 atom stereocenters. The van der Waals surface area contributed by atoms with Gasteiger partial charge in [0, 0.05) is 57.9 Å². The van der Waals surface area contributed by atoms with Crippen LogP contribution in [-0.2, 0) is 11.3 Å². The summed E-state index contributed by atoms with van der Waals surface area (Å²) in [5.74, 6) is -0.336. The molecule has 3 heterocycles. The Bertz CT molecular complexity index is 760. The molecule has 0 N–H and O–H groups in total. The molecule has 1 aromatic heterocycles. The molecule has 4 rings (SSSR count). The third-order valence-corrected chi connectivity index (χ3v) is 6.15. The summed E-state index contributed by atoms with van der Waals surface area (Å²) >= 11 is 1.74. The molecule has 2 fully saturated rings. The first-order valence-electron chi connectivity index (χ1n) is 9.79. The molecule has 0 spiro atoms. The first-order chi connectivity index (χ1) is 13.7. The van der Waals surface area contributed by atoms with E-state index in [1.807, 2.05) is 4.90 Å². The number of hydrogen-bond acceptors (Lipinski definition) is 5. The van der Waals surface area contributed by atoms with Crippen LogP contribution in [0.3, 0.4) is 0 Å². The molecule has 7 heteroatoms. The zero-order valence-electron chi connectivity index (χ0n) is 15.9. The second-order valence-electron chi connectivity index (χ2n) is 7.46. The van der Waals surface area contributed by atoms with Crippen LogP contribution in [0.25, 0.3) is 0 Å². The first-order valence-corrected chi connectivity index (χ1v) is 10.7. The Morgan fingerprint density at radius 3 is 2.57 bits per heavy atom. The van der Waals surface area contributed by atoms with Gasteiger partial charge in [-0.2, -0.15) is 11.3 Å². The number of amides is 1. The molecule has 1 aromatic carbocycles. The number of hydrogen-bond donors (Lipinski definition) is 0. The lowest BCUT2D eigenvalue weighted by atomic mass is 10.1. The highest BCUT2D eigenvalue weighted by Crippen LogP contribution is 2.15. The van der Waals surface area contributed by atoms with E-state index in [-0.39, 0.29) is 17.8 Å². The molecule has 28 heavy (non-hydrogen) atoms. The van der Waals surface area contributed by atoms with Crippen molar-refractivity contribution in [3.05, 3.63) is 58.0 Å². The van der Waals surface area contributed by atoms with Crippen molar-refractivity contribution in [1.29, 1.82) is 0 Å². The number of carbonyl (C=O) groups excluding carboxylic acids is 1. The van der Waals surface area contributed by atoms with E-state index in [9.17, 15) is 9.18 Å². The number of morpholine rings is 1. The molecular weight excluding hydrogens is 377 g/mol. The van der Waals surface area contributed by atoms with Gasteiger partial charge in [-0.3, -0.25) is 14.6 Å². The fourth-order valence-electron chi connectivity index (χ4n) is 3.87. The van der Waals surface area contributed by atoms with Gasteiger partial charge in [0.2, 0.25) is 0 Å². The molecule has 2 aliphatic heterocycles. The number of halogens is 1. The minimum Gasteiger partial charge on any atom is -0.374 e. The molecule has 150 valence electrons. The molecular formula is C21H26FN3O2S.